The minimum Gasteiger partial charge on any atom is -0.444 e. The summed E-state index contributed by atoms with van der Waals surface area (Å²) in [5, 5.41) is 11.8. The summed E-state index contributed by atoms with van der Waals surface area (Å²) < 4.78 is 5.36. The van der Waals surface area contributed by atoms with Gasteiger partial charge in [-0.2, -0.15) is 5.10 Å². The highest BCUT2D eigenvalue weighted by Gasteiger charge is 2.27. The first-order valence-electron chi connectivity index (χ1n) is 8.89. The number of carbonyl (C=O) groups is 1. The molecule has 0 spiro atoms. The van der Waals surface area contributed by atoms with Crippen molar-refractivity contribution in [3.63, 3.8) is 0 Å². The maximum absolute atomic E-state index is 12.0. The third-order valence-electron chi connectivity index (χ3n) is 4.58. The lowest BCUT2D eigenvalue weighted by Crippen LogP contribution is -2.41. The number of amides is 1. The van der Waals surface area contributed by atoms with Gasteiger partial charge >= 0.3 is 6.09 Å². The Bertz CT molecular complexity index is 950. The highest BCUT2D eigenvalue weighted by molar-refractivity contribution is 5.92. The van der Waals surface area contributed by atoms with Crippen LogP contribution in [0.4, 0.5) is 4.79 Å². The second-order valence-electron chi connectivity index (χ2n) is 7.71. The van der Waals surface area contributed by atoms with E-state index in [9.17, 15) is 4.79 Å². The van der Waals surface area contributed by atoms with Gasteiger partial charge in [-0.05, 0) is 45.7 Å². The molecule has 0 aromatic carbocycles. The number of H-pyrrole nitrogens is 2. The number of alkyl carbamates (subject to hydrolysis) is 1. The van der Waals surface area contributed by atoms with Crippen molar-refractivity contribution in [2.75, 3.05) is 0 Å². The fraction of sp³-hybridized carbons (Fsp3) is 0.421. The summed E-state index contributed by atoms with van der Waals surface area (Å²) in [5.74, 6) is 0. The van der Waals surface area contributed by atoms with Gasteiger partial charge in [-0.3, -0.25) is 5.10 Å². The summed E-state index contributed by atoms with van der Waals surface area (Å²) >= 11 is 0. The molecule has 7 nitrogen and oxygen atoms in total. The largest absolute Gasteiger partial charge is 0.444 e. The van der Waals surface area contributed by atoms with Crippen molar-refractivity contribution in [3.05, 3.63) is 35.8 Å². The molecule has 1 amide bonds. The van der Waals surface area contributed by atoms with Crippen molar-refractivity contribution >= 4 is 17.1 Å². The molecule has 3 aromatic heterocycles. The van der Waals surface area contributed by atoms with Gasteiger partial charge in [0.1, 0.15) is 11.2 Å². The van der Waals surface area contributed by atoms with Gasteiger partial charge in [0.05, 0.1) is 5.69 Å². The van der Waals surface area contributed by atoms with Gasteiger partial charge in [0.2, 0.25) is 0 Å². The first kappa shape index (κ1) is 16.6. The average molecular weight is 353 g/mol. The number of carbonyl (C=O) groups excluding carboxylic acids is 1. The van der Waals surface area contributed by atoms with Crippen molar-refractivity contribution in [2.45, 2.75) is 51.7 Å². The summed E-state index contributed by atoms with van der Waals surface area (Å²) in [6.07, 6.45) is 5.76. The molecule has 0 radical (unpaired) electrons. The lowest BCUT2D eigenvalue weighted by molar-refractivity contribution is 0.0500. The van der Waals surface area contributed by atoms with Crippen LogP contribution < -0.4 is 5.32 Å². The molecule has 1 aliphatic carbocycles. The molecular weight excluding hydrogens is 330 g/mol. The van der Waals surface area contributed by atoms with Crippen LogP contribution in [0.15, 0.2) is 24.5 Å². The van der Waals surface area contributed by atoms with Crippen LogP contribution in [0.25, 0.3) is 22.3 Å². The summed E-state index contributed by atoms with van der Waals surface area (Å²) in [4.78, 5) is 19.5. The molecule has 7 heteroatoms. The molecule has 3 heterocycles. The number of fused-ring (bicyclic) bond motifs is 2. The predicted molar refractivity (Wildman–Crippen MR) is 98.9 cm³/mol. The summed E-state index contributed by atoms with van der Waals surface area (Å²) in [5.41, 5.74) is 4.72. The van der Waals surface area contributed by atoms with Crippen LogP contribution in [0, 0.1) is 0 Å². The number of rotatable bonds is 2. The zero-order valence-electron chi connectivity index (χ0n) is 15.2. The van der Waals surface area contributed by atoms with Crippen molar-refractivity contribution in [1.82, 2.24) is 25.5 Å². The van der Waals surface area contributed by atoms with E-state index in [0.29, 0.717) is 0 Å². The van der Waals surface area contributed by atoms with Gasteiger partial charge in [0.25, 0.3) is 0 Å². The minimum atomic E-state index is -0.492. The van der Waals surface area contributed by atoms with Crippen LogP contribution in [0.3, 0.4) is 0 Å². The topological polar surface area (TPSA) is 95.7 Å². The van der Waals surface area contributed by atoms with Gasteiger partial charge in [0.15, 0.2) is 0 Å². The van der Waals surface area contributed by atoms with Crippen LogP contribution in [0.2, 0.25) is 0 Å². The van der Waals surface area contributed by atoms with Crippen LogP contribution in [0.5, 0.6) is 0 Å². The zero-order chi connectivity index (χ0) is 18.3. The number of hydrogen-bond donors (Lipinski definition) is 3. The molecule has 26 heavy (non-hydrogen) atoms. The average Bonchev–Trinajstić information content (AvgIpc) is 3.18. The maximum Gasteiger partial charge on any atom is 0.407 e. The van der Waals surface area contributed by atoms with Gasteiger partial charge < -0.3 is 15.0 Å². The second kappa shape index (κ2) is 6.16. The molecule has 3 N–H and O–H groups in total. The number of hydrogen-bond acceptors (Lipinski definition) is 4. The summed E-state index contributed by atoms with van der Waals surface area (Å²) in [6.45, 7) is 5.59. The Kier molecular flexibility index (Phi) is 3.94. The highest BCUT2D eigenvalue weighted by atomic mass is 16.6. The van der Waals surface area contributed by atoms with Crippen molar-refractivity contribution in [1.29, 1.82) is 0 Å². The number of aromatic amines is 2. The monoisotopic (exact) mass is 353 g/mol. The fourth-order valence-corrected chi connectivity index (χ4v) is 3.49. The third-order valence-corrected chi connectivity index (χ3v) is 4.58. The van der Waals surface area contributed by atoms with E-state index in [0.717, 1.165) is 47.2 Å². The number of nitrogens with zero attached hydrogens (tertiary/aromatic N) is 2. The van der Waals surface area contributed by atoms with Gasteiger partial charge in [-0.15, -0.1) is 0 Å². The molecule has 1 aliphatic rings. The van der Waals surface area contributed by atoms with Crippen LogP contribution in [-0.2, 0) is 17.6 Å². The quantitative estimate of drug-likeness (QED) is 0.658. The van der Waals surface area contributed by atoms with E-state index in [4.69, 9.17) is 4.74 Å². The first-order valence-corrected chi connectivity index (χ1v) is 8.89. The van der Waals surface area contributed by atoms with Gasteiger partial charge in [0, 0.05) is 47.1 Å². The Labute approximate surface area is 151 Å². The minimum absolute atomic E-state index is 0.0513. The zero-order valence-corrected chi connectivity index (χ0v) is 15.2. The fourth-order valence-electron chi connectivity index (χ4n) is 3.49. The van der Waals surface area contributed by atoms with Crippen molar-refractivity contribution in [3.8, 4) is 11.3 Å². The molecule has 0 saturated carbocycles. The van der Waals surface area contributed by atoms with Crippen LogP contribution >= 0.6 is 0 Å². The first-order chi connectivity index (χ1) is 12.4. The molecule has 1 atom stereocenters. The third kappa shape index (κ3) is 3.16. The van der Waals surface area contributed by atoms with Gasteiger partial charge in [-0.1, -0.05) is 0 Å². The number of pyridine rings is 1. The molecule has 0 aliphatic heterocycles. The summed E-state index contributed by atoms with van der Waals surface area (Å²) in [7, 11) is 0. The molecule has 0 bridgehead atoms. The summed E-state index contributed by atoms with van der Waals surface area (Å²) in [6, 6.07) is 4.07. The predicted octanol–water partition coefficient (Wildman–Crippen LogP) is 3.34. The van der Waals surface area contributed by atoms with Gasteiger partial charge in [-0.25, -0.2) is 9.78 Å². The van der Waals surface area contributed by atoms with E-state index in [1.54, 1.807) is 6.20 Å². The van der Waals surface area contributed by atoms with E-state index in [2.05, 4.69) is 25.5 Å². The van der Waals surface area contributed by atoms with E-state index >= 15 is 0 Å². The lowest BCUT2D eigenvalue weighted by Gasteiger charge is -2.26. The number of nitrogens with one attached hydrogen (secondary N) is 3. The molecule has 136 valence electrons. The van der Waals surface area contributed by atoms with E-state index in [1.165, 1.54) is 5.56 Å². The normalized spacial score (nSPS) is 17.1. The smallest absolute Gasteiger partial charge is 0.407 e. The Morgan fingerprint density at radius 3 is 3.00 bits per heavy atom. The highest BCUT2D eigenvalue weighted by Crippen LogP contribution is 2.33. The Morgan fingerprint density at radius 2 is 2.19 bits per heavy atom. The van der Waals surface area contributed by atoms with E-state index in [1.807, 2.05) is 39.1 Å². The van der Waals surface area contributed by atoms with Crippen molar-refractivity contribution < 1.29 is 9.53 Å². The standard InChI is InChI=1S/C19H23N5O2/c1-19(2,3)26-18(25)22-11-4-5-14-15(10-11)23-24-16(14)12-6-8-20-17-13(12)7-9-21-17/h6-9,11H,4-5,10H2,1-3H3,(H,20,21)(H,22,25)(H,23,24). The van der Waals surface area contributed by atoms with Crippen LogP contribution in [-0.4, -0.2) is 37.9 Å². The Morgan fingerprint density at radius 1 is 1.35 bits per heavy atom. The Hall–Kier alpha value is -2.83. The van der Waals surface area contributed by atoms with Crippen molar-refractivity contribution in [2.24, 2.45) is 0 Å². The Balaban J connectivity index is 1.54. The lowest BCUT2D eigenvalue weighted by atomic mass is 9.90. The SMILES string of the molecule is CC(C)(C)OC(=O)NC1CCc2c(-c3ccnc4[nH]ccc34)n[nH]c2C1. The molecule has 0 fully saturated rings. The number of aromatic nitrogens is 4. The maximum atomic E-state index is 12.0. The number of ether oxygens (including phenoxy) is 1. The molecule has 4 rings (SSSR count). The van der Waals surface area contributed by atoms with E-state index in [-0.39, 0.29) is 12.1 Å². The second-order valence-corrected chi connectivity index (χ2v) is 7.71. The van der Waals surface area contributed by atoms with E-state index < -0.39 is 5.60 Å². The molecular formula is C19H23N5O2. The molecule has 3 aromatic rings. The molecule has 0 saturated heterocycles. The van der Waals surface area contributed by atoms with Crippen LogP contribution in [0.1, 0.15) is 38.4 Å². The molecule has 1 unspecified atom stereocenters.